The highest BCUT2D eigenvalue weighted by Gasteiger charge is 2.59. The molecule has 0 aromatic heterocycles. The SMILES string of the molecule is C[Si](C)(C)C1C=C(CP(C2C3CC4CC(C3)CC2C4)C2C3CC4CC(C3)CC2C4)C(CP(C2C3CC4CC(C3)CC2C4)C2C3CC4CC(C3)CC2C4)=C1. The third-order valence-corrected chi connectivity index (χ3v) is 31.3. The molecule has 0 heterocycles. The Hall–Kier alpha value is 0.557. The normalized spacial score (nSPS) is 57.4. The summed E-state index contributed by atoms with van der Waals surface area (Å²) in [6.45, 7) is 8.21. The molecule has 0 radical (unpaired) electrons. The summed E-state index contributed by atoms with van der Waals surface area (Å²) in [5, 5.41) is 0. The van der Waals surface area contributed by atoms with Crippen molar-refractivity contribution in [3.63, 3.8) is 0 Å². The van der Waals surface area contributed by atoms with Gasteiger partial charge in [-0.25, -0.2) is 0 Å². The third kappa shape index (κ3) is 5.62. The van der Waals surface area contributed by atoms with E-state index in [-0.39, 0.29) is 15.8 Å². The summed E-state index contributed by atoms with van der Waals surface area (Å²) in [5.74, 6) is 18.1. The number of allylic oxidation sites excluding steroid dienone is 4. The third-order valence-electron chi connectivity index (χ3n) is 21.1. The van der Waals surface area contributed by atoms with Crippen molar-refractivity contribution in [3.05, 3.63) is 23.3 Å². The average Bonchev–Trinajstić information content (AvgIpc) is 3.49. The van der Waals surface area contributed by atoms with E-state index in [1.54, 1.807) is 141 Å². The molecule has 0 saturated heterocycles. The highest BCUT2D eigenvalue weighted by molar-refractivity contribution is 7.60. The van der Waals surface area contributed by atoms with E-state index in [0.29, 0.717) is 0 Å². The monoisotopic (exact) mass is 767 g/mol. The van der Waals surface area contributed by atoms with Crippen LogP contribution in [0.3, 0.4) is 0 Å². The smallest absolute Gasteiger partial charge is 0.0558 e. The fourth-order valence-corrected chi connectivity index (χ4v) is 31.2. The summed E-state index contributed by atoms with van der Waals surface area (Å²) in [6.07, 6.45) is 42.4. The van der Waals surface area contributed by atoms with Gasteiger partial charge in [-0.3, -0.25) is 0 Å². The van der Waals surface area contributed by atoms with Gasteiger partial charge >= 0.3 is 0 Å². The van der Waals surface area contributed by atoms with Gasteiger partial charge in [0, 0.05) is 0 Å². The fourth-order valence-electron chi connectivity index (χ4n) is 20.5. The van der Waals surface area contributed by atoms with E-state index in [1.807, 2.05) is 11.1 Å². The quantitative estimate of drug-likeness (QED) is 0.162. The first-order chi connectivity index (χ1) is 25.7. The Kier molecular flexibility index (Phi) is 8.14. The van der Waals surface area contributed by atoms with Gasteiger partial charge in [-0.1, -0.05) is 47.6 Å². The van der Waals surface area contributed by atoms with Crippen molar-refractivity contribution in [2.45, 2.75) is 176 Å². The highest BCUT2D eigenvalue weighted by atomic mass is 31.1. The van der Waals surface area contributed by atoms with E-state index in [9.17, 15) is 0 Å². The predicted octanol–water partition coefficient (Wildman–Crippen LogP) is 13.8. The molecule has 0 atom stereocenters. The lowest BCUT2D eigenvalue weighted by Crippen LogP contribution is -2.53. The Balaban J connectivity index is 0.871. The summed E-state index contributed by atoms with van der Waals surface area (Å²) < 4.78 is 0. The minimum Gasteiger partial charge on any atom is -0.0947 e. The Bertz CT molecular complexity index is 1230. The number of hydrogen-bond acceptors (Lipinski definition) is 0. The first kappa shape index (κ1) is 34.4. The van der Waals surface area contributed by atoms with Crippen LogP contribution in [0.5, 0.6) is 0 Å². The first-order valence-electron chi connectivity index (χ1n) is 24.7. The molecular weight excluding hydrogens is 691 g/mol. The zero-order valence-electron chi connectivity index (χ0n) is 34.2. The topological polar surface area (TPSA) is 0 Å². The molecule has 0 aliphatic heterocycles. The van der Waals surface area contributed by atoms with Crippen LogP contribution in [0.2, 0.25) is 25.2 Å². The molecule has 0 aromatic rings. The van der Waals surface area contributed by atoms with Crippen molar-refractivity contribution in [2.24, 2.45) is 94.7 Å². The standard InChI is InChI=1S/C50H76P2Si/c1-53(2,3)46-24-44(26-51(47-36-8-28-4-29(10-36)11-37(47)9-28)48-38-12-30-5-31(14-38)15-39(48)13-30)45(25-46)27-52(49-40-16-32-6-33(18-40)19-41(49)17-32)50-42-20-34-7-35(22-42)23-43(50)21-34/h24-25,28-43,46-50H,4-23,26-27H2,1-3H3. The molecule has 17 rings (SSSR count). The molecule has 0 N–H and O–H groups in total. The van der Waals surface area contributed by atoms with Gasteiger partial charge in [0.05, 0.1) is 8.07 Å². The molecule has 16 fully saturated rings. The lowest BCUT2D eigenvalue weighted by atomic mass is 9.55. The van der Waals surface area contributed by atoms with Gasteiger partial charge in [-0.05, 0) is 275 Å². The fraction of sp³-hybridized carbons (Fsp3) is 0.920. The van der Waals surface area contributed by atoms with Crippen LogP contribution in [0.25, 0.3) is 0 Å². The Morgan fingerprint density at radius 1 is 0.358 bits per heavy atom. The minimum absolute atomic E-state index is 0.0870. The van der Waals surface area contributed by atoms with Crippen LogP contribution in [-0.4, -0.2) is 43.0 Å². The Morgan fingerprint density at radius 3 is 0.755 bits per heavy atom. The lowest BCUT2D eigenvalue weighted by molar-refractivity contribution is 0.0129. The van der Waals surface area contributed by atoms with Crippen molar-refractivity contribution in [2.75, 3.05) is 12.3 Å². The van der Waals surface area contributed by atoms with E-state index < -0.39 is 8.07 Å². The summed E-state index contributed by atoms with van der Waals surface area (Å²) >= 11 is 0. The van der Waals surface area contributed by atoms with Gasteiger partial charge in [-0.2, -0.15) is 0 Å². The van der Waals surface area contributed by atoms with E-state index in [1.165, 1.54) is 0 Å². The van der Waals surface area contributed by atoms with Crippen LogP contribution < -0.4 is 0 Å². The van der Waals surface area contributed by atoms with Crippen molar-refractivity contribution in [1.82, 2.24) is 0 Å². The van der Waals surface area contributed by atoms with Crippen LogP contribution >= 0.6 is 15.8 Å². The summed E-state index contributed by atoms with van der Waals surface area (Å²) in [6, 6.07) is 0. The van der Waals surface area contributed by atoms with Gasteiger partial charge in [-0.15, -0.1) is 0 Å². The van der Waals surface area contributed by atoms with E-state index in [4.69, 9.17) is 0 Å². The highest BCUT2D eigenvalue weighted by Crippen LogP contribution is 2.74. The molecule has 0 spiro atoms. The maximum Gasteiger partial charge on any atom is 0.0558 e. The average molecular weight is 767 g/mol. The molecular formula is C50H76P2Si. The first-order valence-corrected chi connectivity index (χ1v) is 31.6. The second-order valence-electron chi connectivity index (χ2n) is 25.3. The van der Waals surface area contributed by atoms with Crippen LogP contribution in [0, 0.1) is 94.7 Å². The van der Waals surface area contributed by atoms with Crippen LogP contribution in [0.1, 0.15) is 128 Å². The molecule has 0 unspecified atom stereocenters. The lowest BCUT2D eigenvalue weighted by Gasteiger charge is -2.63. The van der Waals surface area contributed by atoms with E-state index in [2.05, 4.69) is 31.8 Å². The largest absolute Gasteiger partial charge is 0.0947 e. The molecule has 16 bridgehead atoms. The zero-order valence-corrected chi connectivity index (χ0v) is 37.0. The molecule has 0 nitrogen and oxygen atoms in total. The molecule has 17 aliphatic rings. The Labute approximate surface area is 329 Å². The molecule has 53 heavy (non-hydrogen) atoms. The van der Waals surface area contributed by atoms with Gasteiger partial charge < -0.3 is 0 Å². The second kappa shape index (κ2) is 12.5. The molecule has 16 saturated carbocycles. The van der Waals surface area contributed by atoms with Crippen LogP contribution in [0.4, 0.5) is 0 Å². The van der Waals surface area contributed by atoms with Crippen molar-refractivity contribution in [1.29, 1.82) is 0 Å². The second-order valence-corrected chi connectivity index (χ2v) is 35.8. The molecule has 17 aliphatic carbocycles. The van der Waals surface area contributed by atoms with Crippen molar-refractivity contribution >= 4 is 23.9 Å². The number of hydrogen-bond donors (Lipinski definition) is 0. The summed E-state index contributed by atoms with van der Waals surface area (Å²) in [5.41, 5.74) is 9.54. The van der Waals surface area contributed by atoms with Crippen LogP contribution in [-0.2, 0) is 0 Å². The van der Waals surface area contributed by atoms with E-state index >= 15 is 0 Å². The minimum atomic E-state index is -1.31. The van der Waals surface area contributed by atoms with Gasteiger partial charge in [0.15, 0.2) is 0 Å². The molecule has 0 amide bonds. The van der Waals surface area contributed by atoms with E-state index in [0.717, 1.165) is 123 Å². The maximum atomic E-state index is 3.07. The van der Waals surface area contributed by atoms with Gasteiger partial charge in [0.25, 0.3) is 0 Å². The summed E-state index contributed by atoms with van der Waals surface area (Å²) in [4.78, 5) is 0. The predicted molar refractivity (Wildman–Crippen MR) is 230 cm³/mol. The maximum absolute atomic E-state index is 3.07. The Morgan fingerprint density at radius 2 is 0.566 bits per heavy atom. The number of rotatable bonds is 9. The molecule has 290 valence electrons. The van der Waals surface area contributed by atoms with Gasteiger partial charge in [0.2, 0.25) is 0 Å². The summed E-state index contributed by atoms with van der Waals surface area (Å²) in [7, 11) is -1.14. The molecule has 0 aromatic carbocycles. The van der Waals surface area contributed by atoms with Crippen LogP contribution in [0.15, 0.2) is 23.3 Å². The van der Waals surface area contributed by atoms with Gasteiger partial charge in [0.1, 0.15) is 0 Å². The van der Waals surface area contributed by atoms with Crippen molar-refractivity contribution < 1.29 is 0 Å². The van der Waals surface area contributed by atoms with Crippen molar-refractivity contribution in [3.8, 4) is 0 Å². The zero-order chi connectivity index (χ0) is 34.9. The molecule has 3 heteroatoms.